The van der Waals surface area contributed by atoms with E-state index in [-0.39, 0.29) is 18.1 Å². The normalized spacial score (nSPS) is 18.1. The average molecular weight is 451 g/mol. The van der Waals surface area contributed by atoms with Crippen LogP contribution in [0.5, 0.6) is 0 Å². The molecule has 32 heavy (non-hydrogen) atoms. The van der Waals surface area contributed by atoms with Gasteiger partial charge in [-0.1, -0.05) is 55.8 Å². The summed E-state index contributed by atoms with van der Waals surface area (Å²) in [6, 6.07) is 13.6. The highest BCUT2D eigenvalue weighted by molar-refractivity contribution is 6.30. The molecule has 0 spiro atoms. The summed E-state index contributed by atoms with van der Waals surface area (Å²) in [7, 11) is 0. The SMILES string of the molecule is N#Cc1cccnc1N(C(=O)NC(Cc1ccc(Cl)cc1)C1CCCCC1)C1CCCC1. The molecule has 1 unspecified atom stereocenters. The molecule has 5 nitrogen and oxygen atoms in total. The second-order valence-electron chi connectivity index (χ2n) is 9.08. The van der Waals surface area contributed by atoms with Crippen molar-refractivity contribution in [1.82, 2.24) is 10.3 Å². The van der Waals surface area contributed by atoms with E-state index in [0.29, 0.717) is 17.3 Å². The third-order valence-corrected chi connectivity index (χ3v) is 7.19. The molecule has 0 aliphatic heterocycles. The number of amides is 2. The number of nitrogens with zero attached hydrogens (tertiary/aromatic N) is 3. The van der Waals surface area contributed by atoms with E-state index in [9.17, 15) is 10.1 Å². The number of anilines is 1. The van der Waals surface area contributed by atoms with Crippen LogP contribution in [-0.4, -0.2) is 23.1 Å². The molecule has 1 aromatic carbocycles. The molecule has 1 aromatic heterocycles. The highest BCUT2D eigenvalue weighted by Crippen LogP contribution is 2.31. The first-order valence-corrected chi connectivity index (χ1v) is 12.2. The molecule has 1 atom stereocenters. The Morgan fingerprint density at radius 3 is 2.47 bits per heavy atom. The number of aromatic nitrogens is 1. The number of carbonyl (C=O) groups is 1. The molecular formula is C26H31ClN4O. The van der Waals surface area contributed by atoms with Crippen LogP contribution >= 0.6 is 11.6 Å². The van der Waals surface area contributed by atoms with Crippen molar-refractivity contribution >= 4 is 23.4 Å². The highest BCUT2D eigenvalue weighted by atomic mass is 35.5. The van der Waals surface area contributed by atoms with Crippen molar-refractivity contribution in [2.45, 2.75) is 76.3 Å². The van der Waals surface area contributed by atoms with Gasteiger partial charge in [0.1, 0.15) is 6.07 Å². The predicted molar refractivity (Wildman–Crippen MR) is 128 cm³/mol. The van der Waals surface area contributed by atoms with E-state index in [4.69, 9.17) is 11.6 Å². The number of hydrogen-bond donors (Lipinski definition) is 1. The van der Waals surface area contributed by atoms with E-state index in [1.165, 1.54) is 24.8 Å². The average Bonchev–Trinajstić information content (AvgIpc) is 3.35. The molecule has 0 saturated heterocycles. The van der Waals surface area contributed by atoms with E-state index >= 15 is 0 Å². The Bertz CT molecular complexity index is 943. The van der Waals surface area contributed by atoms with Crippen LogP contribution in [0.25, 0.3) is 0 Å². The van der Waals surface area contributed by atoms with E-state index < -0.39 is 0 Å². The van der Waals surface area contributed by atoms with Crippen LogP contribution in [0.15, 0.2) is 42.6 Å². The molecule has 2 fully saturated rings. The minimum Gasteiger partial charge on any atom is -0.334 e. The first kappa shape index (κ1) is 22.6. The second kappa shape index (κ2) is 10.8. The maximum Gasteiger partial charge on any atom is 0.323 e. The molecule has 2 saturated carbocycles. The maximum absolute atomic E-state index is 13.7. The fraction of sp³-hybridized carbons (Fsp3) is 0.500. The molecule has 2 aliphatic rings. The van der Waals surface area contributed by atoms with Gasteiger partial charge in [0.05, 0.1) is 5.56 Å². The molecule has 4 rings (SSSR count). The number of urea groups is 1. The second-order valence-corrected chi connectivity index (χ2v) is 9.52. The smallest absolute Gasteiger partial charge is 0.323 e. The summed E-state index contributed by atoms with van der Waals surface area (Å²) in [6.07, 6.45) is 12.5. The Hall–Kier alpha value is -2.58. The van der Waals surface area contributed by atoms with Crippen molar-refractivity contribution < 1.29 is 4.79 Å². The first-order chi connectivity index (χ1) is 15.7. The summed E-state index contributed by atoms with van der Waals surface area (Å²) in [4.78, 5) is 20.0. The molecular weight excluding hydrogens is 420 g/mol. The maximum atomic E-state index is 13.7. The Labute approximate surface area is 195 Å². The van der Waals surface area contributed by atoms with Gasteiger partial charge in [0.2, 0.25) is 0 Å². The van der Waals surface area contributed by atoms with Crippen LogP contribution in [-0.2, 0) is 6.42 Å². The van der Waals surface area contributed by atoms with Gasteiger partial charge < -0.3 is 5.32 Å². The summed E-state index contributed by atoms with van der Waals surface area (Å²) in [5.41, 5.74) is 1.62. The number of pyridine rings is 1. The summed E-state index contributed by atoms with van der Waals surface area (Å²) >= 11 is 6.08. The Morgan fingerprint density at radius 1 is 1.09 bits per heavy atom. The number of halogens is 1. The Morgan fingerprint density at radius 2 is 1.78 bits per heavy atom. The van der Waals surface area contributed by atoms with E-state index in [0.717, 1.165) is 50.0 Å². The third kappa shape index (κ3) is 5.42. The quantitative estimate of drug-likeness (QED) is 0.564. The fourth-order valence-corrected chi connectivity index (χ4v) is 5.37. The summed E-state index contributed by atoms with van der Waals surface area (Å²) in [5.74, 6) is 0.932. The number of nitrogens with one attached hydrogen (secondary N) is 1. The van der Waals surface area contributed by atoms with Gasteiger partial charge in [-0.15, -0.1) is 0 Å². The van der Waals surface area contributed by atoms with Crippen LogP contribution < -0.4 is 10.2 Å². The van der Waals surface area contributed by atoms with Crippen LogP contribution in [0.3, 0.4) is 0 Å². The van der Waals surface area contributed by atoms with Crippen LogP contribution in [0.4, 0.5) is 10.6 Å². The van der Waals surface area contributed by atoms with Crippen molar-refractivity contribution in [1.29, 1.82) is 5.26 Å². The molecule has 2 aromatic rings. The van der Waals surface area contributed by atoms with E-state index in [2.05, 4.69) is 16.4 Å². The van der Waals surface area contributed by atoms with Gasteiger partial charge in [-0.3, -0.25) is 4.90 Å². The molecule has 6 heteroatoms. The van der Waals surface area contributed by atoms with Crippen LogP contribution in [0, 0.1) is 17.2 Å². The fourth-order valence-electron chi connectivity index (χ4n) is 5.25. The van der Waals surface area contributed by atoms with Gasteiger partial charge in [-0.25, -0.2) is 9.78 Å². The standard InChI is InChI=1S/C26H31ClN4O/c27-22-14-12-19(13-15-22)17-24(20-7-2-1-3-8-20)30-26(32)31(23-10-4-5-11-23)25-21(18-28)9-6-16-29-25/h6,9,12-16,20,23-24H,1-5,7-8,10-11,17H2,(H,30,32). The van der Waals surface area contributed by atoms with Crippen LogP contribution in [0.2, 0.25) is 5.02 Å². The Kier molecular flexibility index (Phi) is 7.65. The zero-order valence-corrected chi connectivity index (χ0v) is 19.2. The molecule has 168 valence electrons. The Balaban J connectivity index is 1.60. The lowest BCUT2D eigenvalue weighted by Crippen LogP contribution is -2.52. The van der Waals surface area contributed by atoms with E-state index in [1.54, 1.807) is 23.2 Å². The number of rotatable bonds is 6. The summed E-state index contributed by atoms with van der Waals surface area (Å²) in [6.45, 7) is 0. The lowest BCUT2D eigenvalue weighted by molar-refractivity contribution is 0.223. The van der Waals surface area contributed by atoms with E-state index in [1.807, 2.05) is 24.3 Å². The lowest BCUT2D eigenvalue weighted by Gasteiger charge is -2.35. The van der Waals surface area contributed by atoms with Crippen molar-refractivity contribution in [3.05, 3.63) is 58.7 Å². The van der Waals surface area contributed by atoms with Gasteiger partial charge in [0.15, 0.2) is 5.82 Å². The van der Waals surface area contributed by atoms with Crippen molar-refractivity contribution in [3.8, 4) is 6.07 Å². The number of benzene rings is 1. The summed E-state index contributed by atoms with van der Waals surface area (Å²) < 4.78 is 0. The van der Waals surface area contributed by atoms with Gasteiger partial charge in [-0.05, 0) is 67.9 Å². The topological polar surface area (TPSA) is 69.0 Å². The number of hydrogen-bond acceptors (Lipinski definition) is 3. The molecule has 2 amide bonds. The lowest BCUT2D eigenvalue weighted by atomic mass is 9.81. The minimum absolute atomic E-state index is 0.0436. The van der Waals surface area contributed by atoms with Gasteiger partial charge in [-0.2, -0.15) is 5.26 Å². The molecule has 1 heterocycles. The first-order valence-electron chi connectivity index (χ1n) is 11.8. The predicted octanol–water partition coefficient (Wildman–Crippen LogP) is 6.26. The van der Waals surface area contributed by atoms with Gasteiger partial charge in [0.25, 0.3) is 0 Å². The zero-order chi connectivity index (χ0) is 22.3. The third-order valence-electron chi connectivity index (χ3n) is 6.94. The van der Waals surface area contributed by atoms with Crippen molar-refractivity contribution in [3.63, 3.8) is 0 Å². The molecule has 0 radical (unpaired) electrons. The van der Waals surface area contributed by atoms with Gasteiger partial charge >= 0.3 is 6.03 Å². The van der Waals surface area contributed by atoms with Crippen molar-refractivity contribution in [2.75, 3.05) is 4.90 Å². The molecule has 0 bridgehead atoms. The minimum atomic E-state index is -0.128. The van der Waals surface area contributed by atoms with Crippen molar-refractivity contribution in [2.24, 2.45) is 5.92 Å². The van der Waals surface area contributed by atoms with Crippen LogP contribution in [0.1, 0.15) is 68.9 Å². The summed E-state index contributed by atoms with van der Waals surface area (Å²) in [5, 5.41) is 13.7. The number of nitriles is 1. The van der Waals surface area contributed by atoms with Gasteiger partial charge in [0, 0.05) is 23.3 Å². The largest absolute Gasteiger partial charge is 0.334 e. The molecule has 2 aliphatic carbocycles. The molecule has 1 N–H and O–H groups in total. The highest BCUT2D eigenvalue weighted by Gasteiger charge is 2.33. The monoisotopic (exact) mass is 450 g/mol. The zero-order valence-electron chi connectivity index (χ0n) is 18.5. The number of carbonyl (C=O) groups excluding carboxylic acids is 1.